The minimum Gasteiger partial charge on any atom is -0.447 e. The first-order valence-electron chi connectivity index (χ1n) is 9.40. The second-order valence-electron chi connectivity index (χ2n) is 6.93. The van der Waals surface area contributed by atoms with Gasteiger partial charge in [0.15, 0.2) is 0 Å². The van der Waals surface area contributed by atoms with E-state index in [2.05, 4.69) is 10.6 Å². The summed E-state index contributed by atoms with van der Waals surface area (Å²) in [5.74, 6) is -1.12. The molecule has 2 aromatic carbocycles. The smallest absolute Gasteiger partial charge is 0.309 e. The number of ether oxygens (including phenoxy) is 1. The molecule has 1 saturated carbocycles. The number of hydrogen-bond acceptors (Lipinski definition) is 4. The normalized spacial score (nSPS) is 15.2. The molecule has 0 saturated heterocycles. The van der Waals surface area contributed by atoms with Crippen molar-refractivity contribution in [1.29, 1.82) is 0 Å². The second kappa shape index (κ2) is 9.17. The number of carbonyl (C=O) groups is 3. The highest BCUT2D eigenvalue weighted by Gasteiger charge is 2.31. The maximum Gasteiger partial charge on any atom is 0.309 e. The van der Waals surface area contributed by atoms with Crippen LogP contribution in [-0.4, -0.2) is 23.8 Å². The maximum atomic E-state index is 12.6. The molecule has 0 aromatic heterocycles. The van der Waals surface area contributed by atoms with Gasteiger partial charge in [-0.2, -0.15) is 0 Å². The van der Waals surface area contributed by atoms with Crippen LogP contribution in [0.25, 0.3) is 0 Å². The summed E-state index contributed by atoms with van der Waals surface area (Å²) in [6.07, 6.45) is 0.812. The van der Waals surface area contributed by atoms with E-state index in [0.717, 1.165) is 18.4 Å². The lowest BCUT2D eigenvalue weighted by Gasteiger charge is -2.21. The van der Waals surface area contributed by atoms with Gasteiger partial charge in [0.2, 0.25) is 12.0 Å². The van der Waals surface area contributed by atoms with Crippen LogP contribution >= 0.6 is 0 Å². The Morgan fingerprint density at radius 1 is 0.964 bits per heavy atom. The van der Waals surface area contributed by atoms with Crippen LogP contribution in [0.3, 0.4) is 0 Å². The molecule has 2 N–H and O–H groups in total. The van der Waals surface area contributed by atoms with Gasteiger partial charge in [0.1, 0.15) is 0 Å². The first-order valence-corrected chi connectivity index (χ1v) is 9.40. The second-order valence-corrected chi connectivity index (χ2v) is 6.93. The largest absolute Gasteiger partial charge is 0.447 e. The fourth-order valence-electron chi connectivity index (χ4n) is 2.93. The first kappa shape index (κ1) is 19.6. The van der Waals surface area contributed by atoms with E-state index in [1.54, 1.807) is 24.3 Å². The molecule has 0 radical (unpaired) electrons. The molecule has 146 valence electrons. The number of hydrogen-bond donors (Lipinski definition) is 2. The molecule has 0 spiro atoms. The Balaban J connectivity index is 1.72. The SMILES string of the molecule is CC(=O)N[C@H](CC(=O)O[C@@H](C(=O)NC1CC1)c1ccccc1)c1ccccc1. The molecular formula is C22H24N2O4. The lowest BCUT2D eigenvalue weighted by Crippen LogP contribution is -2.34. The molecule has 3 rings (SSSR count). The van der Waals surface area contributed by atoms with Crippen LogP contribution in [0.15, 0.2) is 60.7 Å². The van der Waals surface area contributed by atoms with Gasteiger partial charge in [-0.05, 0) is 18.4 Å². The summed E-state index contributed by atoms with van der Waals surface area (Å²) in [5.41, 5.74) is 1.41. The third kappa shape index (κ3) is 5.67. The molecule has 6 nitrogen and oxygen atoms in total. The van der Waals surface area contributed by atoms with Crippen molar-refractivity contribution in [2.24, 2.45) is 0 Å². The highest BCUT2D eigenvalue weighted by Crippen LogP contribution is 2.25. The molecule has 2 atom stereocenters. The van der Waals surface area contributed by atoms with Crippen LogP contribution in [-0.2, 0) is 19.1 Å². The van der Waals surface area contributed by atoms with Crippen molar-refractivity contribution in [3.8, 4) is 0 Å². The fraction of sp³-hybridized carbons (Fsp3) is 0.318. The number of carbonyl (C=O) groups excluding carboxylic acids is 3. The molecular weight excluding hydrogens is 356 g/mol. The molecule has 0 bridgehead atoms. The number of esters is 1. The summed E-state index contributed by atoms with van der Waals surface area (Å²) in [7, 11) is 0. The minimum absolute atomic E-state index is 0.0658. The number of nitrogens with one attached hydrogen (secondary N) is 2. The van der Waals surface area contributed by atoms with E-state index < -0.39 is 18.1 Å². The molecule has 6 heteroatoms. The average Bonchev–Trinajstić information content (AvgIpc) is 3.50. The van der Waals surface area contributed by atoms with Gasteiger partial charge in [0.25, 0.3) is 5.91 Å². The summed E-state index contributed by atoms with van der Waals surface area (Å²) in [6, 6.07) is 17.8. The van der Waals surface area contributed by atoms with Crippen molar-refractivity contribution in [2.75, 3.05) is 0 Å². The summed E-state index contributed by atoms with van der Waals surface area (Å²) < 4.78 is 5.56. The van der Waals surface area contributed by atoms with E-state index in [1.165, 1.54) is 6.92 Å². The summed E-state index contributed by atoms with van der Waals surface area (Å²) >= 11 is 0. The number of benzene rings is 2. The molecule has 0 unspecified atom stereocenters. The van der Waals surface area contributed by atoms with Crippen molar-refractivity contribution in [2.45, 2.75) is 44.4 Å². The Bertz CT molecular complexity index is 819. The molecule has 1 fully saturated rings. The summed E-state index contributed by atoms with van der Waals surface area (Å²) in [4.78, 5) is 36.8. The fourth-order valence-corrected chi connectivity index (χ4v) is 2.93. The number of amides is 2. The summed E-state index contributed by atoms with van der Waals surface area (Å²) in [5, 5.41) is 5.66. The summed E-state index contributed by atoms with van der Waals surface area (Å²) in [6.45, 7) is 1.40. The van der Waals surface area contributed by atoms with Gasteiger partial charge in [-0.15, -0.1) is 0 Å². The van der Waals surface area contributed by atoms with E-state index in [1.807, 2.05) is 36.4 Å². The van der Waals surface area contributed by atoms with Crippen molar-refractivity contribution in [3.63, 3.8) is 0 Å². The van der Waals surface area contributed by atoms with Gasteiger partial charge >= 0.3 is 5.97 Å². The Morgan fingerprint density at radius 2 is 1.54 bits per heavy atom. The zero-order valence-electron chi connectivity index (χ0n) is 15.8. The van der Waals surface area contributed by atoms with Gasteiger partial charge in [0.05, 0.1) is 12.5 Å². The topological polar surface area (TPSA) is 84.5 Å². The quantitative estimate of drug-likeness (QED) is 0.690. The van der Waals surface area contributed by atoms with E-state index in [-0.39, 0.29) is 24.3 Å². The van der Waals surface area contributed by atoms with E-state index in [9.17, 15) is 14.4 Å². The molecule has 2 aromatic rings. The zero-order chi connectivity index (χ0) is 19.9. The zero-order valence-corrected chi connectivity index (χ0v) is 15.8. The monoisotopic (exact) mass is 380 g/mol. The van der Waals surface area contributed by atoms with Crippen LogP contribution in [0.4, 0.5) is 0 Å². The Kier molecular flexibility index (Phi) is 6.42. The maximum absolute atomic E-state index is 12.6. The third-order valence-electron chi connectivity index (χ3n) is 4.46. The first-order chi connectivity index (χ1) is 13.5. The highest BCUT2D eigenvalue weighted by molar-refractivity contribution is 5.85. The molecule has 1 aliphatic rings. The van der Waals surface area contributed by atoms with Crippen LogP contribution in [0.5, 0.6) is 0 Å². The molecule has 0 aliphatic heterocycles. The van der Waals surface area contributed by atoms with E-state index in [0.29, 0.717) is 5.56 Å². The standard InChI is InChI=1S/C22H24N2O4/c1-15(25)23-19(16-8-4-2-5-9-16)14-20(26)28-21(17-10-6-3-7-11-17)22(27)24-18-12-13-18/h2-11,18-19,21H,12-14H2,1H3,(H,23,25)(H,24,27)/t19-,21-/m1/s1. The van der Waals surface area contributed by atoms with Crippen LogP contribution < -0.4 is 10.6 Å². The molecule has 1 aliphatic carbocycles. The van der Waals surface area contributed by atoms with E-state index >= 15 is 0 Å². The predicted octanol–water partition coefficient (Wildman–Crippen LogP) is 2.82. The lowest BCUT2D eigenvalue weighted by atomic mass is 10.0. The Morgan fingerprint density at radius 3 is 2.07 bits per heavy atom. The minimum atomic E-state index is -1.01. The average molecular weight is 380 g/mol. The van der Waals surface area contributed by atoms with Gasteiger partial charge < -0.3 is 15.4 Å². The third-order valence-corrected chi connectivity index (χ3v) is 4.46. The van der Waals surface area contributed by atoms with Crippen molar-refractivity contribution >= 4 is 17.8 Å². The predicted molar refractivity (Wildman–Crippen MR) is 104 cm³/mol. The van der Waals surface area contributed by atoms with Gasteiger partial charge in [-0.1, -0.05) is 60.7 Å². The molecule has 0 heterocycles. The Hall–Kier alpha value is -3.15. The van der Waals surface area contributed by atoms with Crippen LogP contribution in [0, 0.1) is 0 Å². The highest BCUT2D eigenvalue weighted by atomic mass is 16.5. The molecule has 28 heavy (non-hydrogen) atoms. The number of rotatable bonds is 8. The van der Waals surface area contributed by atoms with E-state index in [4.69, 9.17) is 4.74 Å². The van der Waals surface area contributed by atoms with Gasteiger partial charge in [-0.25, -0.2) is 0 Å². The van der Waals surface area contributed by atoms with Crippen LogP contribution in [0.1, 0.15) is 49.5 Å². The van der Waals surface area contributed by atoms with Crippen LogP contribution in [0.2, 0.25) is 0 Å². The van der Waals surface area contributed by atoms with Crippen molar-refractivity contribution in [3.05, 3.63) is 71.8 Å². The van der Waals surface area contributed by atoms with Gasteiger partial charge in [-0.3, -0.25) is 14.4 Å². The van der Waals surface area contributed by atoms with Crippen molar-refractivity contribution in [1.82, 2.24) is 10.6 Å². The molecule has 2 amide bonds. The Labute approximate surface area is 164 Å². The lowest BCUT2D eigenvalue weighted by molar-refractivity contribution is -0.157. The van der Waals surface area contributed by atoms with Crippen molar-refractivity contribution < 1.29 is 19.1 Å². The van der Waals surface area contributed by atoms with Gasteiger partial charge in [0, 0.05) is 18.5 Å².